The summed E-state index contributed by atoms with van der Waals surface area (Å²) in [6.07, 6.45) is 3.53. The molecule has 3 nitrogen and oxygen atoms in total. The van der Waals surface area contributed by atoms with Gasteiger partial charge in [-0.15, -0.1) is 11.3 Å². The van der Waals surface area contributed by atoms with Crippen molar-refractivity contribution in [3.8, 4) is 0 Å². The number of anilines is 1. The Kier molecular flexibility index (Phi) is 6.21. The summed E-state index contributed by atoms with van der Waals surface area (Å²) in [6, 6.07) is 9.29. The van der Waals surface area contributed by atoms with Crippen LogP contribution in [0.4, 0.5) is 5.69 Å². The lowest BCUT2D eigenvalue weighted by molar-refractivity contribution is 0.0751. The molecule has 0 spiro atoms. The zero-order valence-electron chi connectivity index (χ0n) is 21.0. The minimum atomic E-state index is 0.115. The molecule has 4 heteroatoms. The Labute approximate surface area is 198 Å². The predicted molar refractivity (Wildman–Crippen MR) is 137 cm³/mol. The second-order valence-electron chi connectivity index (χ2n) is 12.0. The fourth-order valence-electron chi connectivity index (χ4n) is 4.79. The molecular weight excluding hydrogens is 412 g/mol. The number of aryl methyl sites for hydroxylation is 1. The first kappa shape index (κ1) is 23.4. The van der Waals surface area contributed by atoms with Gasteiger partial charge in [-0.3, -0.25) is 4.79 Å². The van der Waals surface area contributed by atoms with Gasteiger partial charge in [0.2, 0.25) is 0 Å². The molecule has 0 N–H and O–H groups in total. The number of benzene rings is 1. The topological polar surface area (TPSA) is 23.6 Å². The van der Waals surface area contributed by atoms with E-state index in [2.05, 4.69) is 82.5 Å². The molecule has 1 aliphatic heterocycles. The van der Waals surface area contributed by atoms with Crippen LogP contribution in [0.2, 0.25) is 0 Å². The Hall–Kier alpha value is -1.81. The molecule has 32 heavy (non-hydrogen) atoms. The largest absolute Gasteiger partial charge is 0.368 e. The van der Waals surface area contributed by atoms with Gasteiger partial charge in [0.25, 0.3) is 5.91 Å². The number of amides is 1. The maximum absolute atomic E-state index is 13.2. The standard InChI is InChI=1S/C28H40N2OS/c1-19-8-9-24-20(14-19)15-25(32-24)26(31)30-12-10-29(11-13-30)23-17-21(27(2,3)4)16-22(18-23)28(5,6)7/h15-19H,8-14H2,1-7H3. The SMILES string of the molecule is CC1CCc2sc(C(=O)N3CCN(c4cc(C(C)(C)C)cc(C(C)(C)C)c4)CC3)cc2C1. The Morgan fingerprint density at radius 3 is 2.06 bits per heavy atom. The summed E-state index contributed by atoms with van der Waals surface area (Å²) in [5.74, 6) is 0.973. The van der Waals surface area contributed by atoms with Crippen LogP contribution in [-0.4, -0.2) is 37.0 Å². The molecular formula is C28H40N2OS. The lowest BCUT2D eigenvalue weighted by atomic mass is 9.80. The second kappa shape index (κ2) is 8.52. The fraction of sp³-hybridized carbons (Fsp3) is 0.607. The molecule has 1 amide bonds. The highest BCUT2D eigenvalue weighted by Gasteiger charge is 2.28. The molecule has 1 aliphatic carbocycles. The van der Waals surface area contributed by atoms with E-state index in [4.69, 9.17) is 0 Å². The van der Waals surface area contributed by atoms with Gasteiger partial charge in [0, 0.05) is 36.7 Å². The first-order chi connectivity index (χ1) is 14.9. The van der Waals surface area contributed by atoms with Crippen LogP contribution >= 0.6 is 11.3 Å². The molecule has 1 unspecified atom stereocenters. The highest BCUT2D eigenvalue weighted by Crippen LogP contribution is 2.35. The maximum Gasteiger partial charge on any atom is 0.264 e. The first-order valence-electron chi connectivity index (χ1n) is 12.2. The van der Waals surface area contributed by atoms with Crippen molar-refractivity contribution in [1.29, 1.82) is 0 Å². The molecule has 1 atom stereocenters. The van der Waals surface area contributed by atoms with Crippen molar-refractivity contribution >= 4 is 22.9 Å². The number of rotatable bonds is 2. The predicted octanol–water partition coefficient (Wildman–Crippen LogP) is 6.43. The number of hydrogen-bond acceptors (Lipinski definition) is 3. The summed E-state index contributed by atoms with van der Waals surface area (Å²) in [4.78, 5) is 20.2. The maximum atomic E-state index is 13.2. The molecule has 2 aliphatic rings. The third-order valence-corrected chi connectivity index (χ3v) is 8.35. The van der Waals surface area contributed by atoms with Crippen LogP contribution in [0.1, 0.15) is 86.1 Å². The molecule has 2 aromatic rings. The van der Waals surface area contributed by atoms with Crippen LogP contribution in [0, 0.1) is 5.92 Å². The minimum absolute atomic E-state index is 0.115. The van der Waals surface area contributed by atoms with Crippen LogP contribution in [0.5, 0.6) is 0 Å². The highest BCUT2D eigenvalue weighted by atomic mass is 32.1. The number of hydrogen-bond donors (Lipinski definition) is 0. The summed E-state index contributed by atoms with van der Waals surface area (Å²) < 4.78 is 0. The monoisotopic (exact) mass is 452 g/mol. The average Bonchev–Trinajstić information content (AvgIpc) is 3.15. The quantitative estimate of drug-likeness (QED) is 0.524. The van der Waals surface area contributed by atoms with E-state index in [0.717, 1.165) is 49.8 Å². The van der Waals surface area contributed by atoms with E-state index < -0.39 is 0 Å². The van der Waals surface area contributed by atoms with Gasteiger partial charge >= 0.3 is 0 Å². The lowest BCUT2D eigenvalue weighted by Crippen LogP contribution is -2.48. The van der Waals surface area contributed by atoms with Crippen molar-refractivity contribution in [1.82, 2.24) is 4.90 Å². The van der Waals surface area contributed by atoms with Crippen molar-refractivity contribution in [3.63, 3.8) is 0 Å². The minimum Gasteiger partial charge on any atom is -0.368 e. The zero-order valence-corrected chi connectivity index (χ0v) is 21.9. The molecule has 0 saturated carbocycles. The summed E-state index contributed by atoms with van der Waals surface area (Å²) >= 11 is 1.74. The van der Waals surface area contributed by atoms with Crippen molar-refractivity contribution < 1.29 is 4.79 Å². The smallest absolute Gasteiger partial charge is 0.264 e. The van der Waals surface area contributed by atoms with E-state index in [-0.39, 0.29) is 16.7 Å². The molecule has 0 radical (unpaired) electrons. The van der Waals surface area contributed by atoms with Gasteiger partial charge < -0.3 is 9.80 Å². The van der Waals surface area contributed by atoms with E-state index >= 15 is 0 Å². The van der Waals surface area contributed by atoms with Crippen molar-refractivity contribution in [2.75, 3.05) is 31.1 Å². The van der Waals surface area contributed by atoms with Gasteiger partial charge in [-0.2, -0.15) is 0 Å². The van der Waals surface area contributed by atoms with E-state index in [1.165, 1.54) is 33.7 Å². The number of fused-ring (bicyclic) bond motifs is 1. The zero-order chi connectivity index (χ0) is 23.3. The summed E-state index contributed by atoms with van der Waals surface area (Å²) in [5, 5.41) is 0. The number of piperazine rings is 1. The van der Waals surface area contributed by atoms with Gasteiger partial charge in [0.1, 0.15) is 0 Å². The van der Waals surface area contributed by atoms with Gasteiger partial charge in [-0.05, 0) is 70.9 Å². The molecule has 1 aromatic carbocycles. The van der Waals surface area contributed by atoms with E-state index in [0.29, 0.717) is 0 Å². The van der Waals surface area contributed by atoms with Crippen LogP contribution in [-0.2, 0) is 23.7 Å². The van der Waals surface area contributed by atoms with Crippen molar-refractivity contribution in [2.45, 2.75) is 78.6 Å². The Morgan fingerprint density at radius 2 is 1.50 bits per heavy atom. The number of carbonyl (C=O) groups is 1. The van der Waals surface area contributed by atoms with Crippen LogP contribution in [0.25, 0.3) is 0 Å². The van der Waals surface area contributed by atoms with Gasteiger partial charge in [0.05, 0.1) is 4.88 Å². The lowest BCUT2D eigenvalue weighted by Gasteiger charge is -2.37. The molecule has 1 aromatic heterocycles. The van der Waals surface area contributed by atoms with E-state index in [1.807, 2.05) is 0 Å². The van der Waals surface area contributed by atoms with Gasteiger partial charge in [-0.1, -0.05) is 54.5 Å². The summed E-state index contributed by atoms with van der Waals surface area (Å²) in [5.41, 5.74) is 5.72. The number of thiophene rings is 1. The Bertz CT molecular complexity index is 952. The van der Waals surface area contributed by atoms with Crippen LogP contribution in [0.15, 0.2) is 24.3 Å². The molecule has 2 heterocycles. The number of carbonyl (C=O) groups excluding carboxylic acids is 1. The third-order valence-electron chi connectivity index (χ3n) is 7.12. The normalized spacial score (nSPS) is 19.8. The Balaban J connectivity index is 1.48. The number of nitrogens with zero attached hydrogens (tertiary/aromatic N) is 2. The highest BCUT2D eigenvalue weighted by molar-refractivity contribution is 7.14. The third kappa shape index (κ3) is 4.90. The van der Waals surface area contributed by atoms with E-state index in [1.54, 1.807) is 11.3 Å². The molecule has 174 valence electrons. The first-order valence-corrected chi connectivity index (χ1v) is 13.1. The van der Waals surface area contributed by atoms with Crippen molar-refractivity contribution in [2.24, 2.45) is 5.92 Å². The fourth-order valence-corrected chi connectivity index (χ4v) is 5.97. The average molecular weight is 453 g/mol. The molecule has 1 fully saturated rings. The van der Waals surface area contributed by atoms with Crippen LogP contribution < -0.4 is 4.90 Å². The van der Waals surface area contributed by atoms with Gasteiger partial charge in [0.15, 0.2) is 0 Å². The van der Waals surface area contributed by atoms with Crippen molar-refractivity contribution in [3.05, 3.63) is 50.7 Å². The molecule has 4 rings (SSSR count). The summed E-state index contributed by atoms with van der Waals surface area (Å²) in [6.45, 7) is 19.4. The summed E-state index contributed by atoms with van der Waals surface area (Å²) in [7, 11) is 0. The molecule has 1 saturated heterocycles. The van der Waals surface area contributed by atoms with E-state index in [9.17, 15) is 4.79 Å². The van der Waals surface area contributed by atoms with Gasteiger partial charge in [-0.25, -0.2) is 0 Å². The van der Waals surface area contributed by atoms with Crippen LogP contribution in [0.3, 0.4) is 0 Å². The Morgan fingerprint density at radius 1 is 0.906 bits per heavy atom. The second-order valence-corrected chi connectivity index (χ2v) is 13.1. The molecule has 0 bridgehead atoms.